The number of halogens is 1. The number of aryl methyl sites for hydroxylation is 2. The number of nitrogens with one attached hydrogen (secondary N) is 2. The van der Waals surface area contributed by atoms with Crippen LogP contribution in [-0.2, 0) is 17.8 Å². The molecule has 0 saturated heterocycles. The van der Waals surface area contributed by atoms with Gasteiger partial charge in [0.2, 0.25) is 5.91 Å². The van der Waals surface area contributed by atoms with Crippen molar-refractivity contribution in [1.29, 1.82) is 0 Å². The molecule has 158 valence electrons. The summed E-state index contributed by atoms with van der Waals surface area (Å²) in [5.41, 5.74) is 3.68. The minimum absolute atomic E-state index is 0.0899. The molecule has 0 aliphatic rings. The molecule has 6 nitrogen and oxygen atoms in total. The number of rotatable bonds is 6. The second kappa shape index (κ2) is 8.77. The molecule has 0 fully saturated rings. The van der Waals surface area contributed by atoms with Crippen LogP contribution >= 0.6 is 11.3 Å². The summed E-state index contributed by atoms with van der Waals surface area (Å²) < 4.78 is 13.5. The van der Waals surface area contributed by atoms with Gasteiger partial charge in [-0.1, -0.05) is 18.2 Å². The third kappa shape index (κ3) is 4.54. The summed E-state index contributed by atoms with van der Waals surface area (Å²) in [6, 6.07) is 12.3. The maximum absolute atomic E-state index is 13.5. The highest BCUT2D eigenvalue weighted by Crippen LogP contribution is 2.40. The SMILES string of the molecule is CNC(=O)Cc1nc(NCc2cccc(C)n2)c2c(-c3ccc(F)cc3)c(C)sc2n1. The summed E-state index contributed by atoms with van der Waals surface area (Å²) >= 11 is 1.53. The molecular weight excluding hydrogens is 413 g/mol. The van der Waals surface area contributed by atoms with E-state index in [1.165, 1.54) is 23.5 Å². The standard InChI is InChI=1S/C23H22FN5OS/c1-13-5-4-6-17(27-13)12-26-22-21-20(15-7-9-16(24)10-8-15)14(2)31-23(21)29-18(28-22)11-19(30)25-3/h4-10H,11-12H2,1-3H3,(H,25,30)(H,26,28,29). The van der Waals surface area contributed by atoms with Gasteiger partial charge in [0.1, 0.15) is 22.3 Å². The molecule has 0 saturated carbocycles. The Morgan fingerprint density at radius 2 is 1.84 bits per heavy atom. The van der Waals surface area contributed by atoms with Gasteiger partial charge in [0.05, 0.1) is 24.0 Å². The van der Waals surface area contributed by atoms with Gasteiger partial charge in [-0.25, -0.2) is 14.4 Å². The van der Waals surface area contributed by atoms with E-state index in [1.54, 1.807) is 19.2 Å². The Morgan fingerprint density at radius 3 is 2.55 bits per heavy atom. The van der Waals surface area contributed by atoms with Gasteiger partial charge >= 0.3 is 0 Å². The summed E-state index contributed by atoms with van der Waals surface area (Å²) in [6.45, 7) is 4.43. The molecule has 4 aromatic rings. The molecule has 3 heterocycles. The van der Waals surface area contributed by atoms with Crippen molar-refractivity contribution < 1.29 is 9.18 Å². The van der Waals surface area contributed by atoms with Crippen LogP contribution in [0.3, 0.4) is 0 Å². The average molecular weight is 436 g/mol. The largest absolute Gasteiger partial charge is 0.364 e. The fourth-order valence-electron chi connectivity index (χ4n) is 3.43. The first-order valence-corrected chi connectivity index (χ1v) is 10.7. The summed E-state index contributed by atoms with van der Waals surface area (Å²) in [4.78, 5) is 27.6. The number of anilines is 1. The van der Waals surface area contributed by atoms with Gasteiger partial charge in [0, 0.05) is 23.2 Å². The number of likely N-dealkylation sites (N-methyl/N-ethyl adjacent to an activating group) is 1. The van der Waals surface area contributed by atoms with Crippen LogP contribution in [-0.4, -0.2) is 27.9 Å². The number of hydrogen-bond acceptors (Lipinski definition) is 6. The van der Waals surface area contributed by atoms with Gasteiger partial charge in [-0.05, 0) is 43.7 Å². The van der Waals surface area contributed by atoms with Gasteiger partial charge in [0.15, 0.2) is 0 Å². The summed E-state index contributed by atoms with van der Waals surface area (Å²) in [5, 5.41) is 6.86. The zero-order chi connectivity index (χ0) is 22.0. The van der Waals surface area contributed by atoms with Crippen molar-refractivity contribution in [2.24, 2.45) is 0 Å². The van der Waals surface area contributed by atoms with Crippen LogP contribution in [0.2, 0.25) is 0 Å². The molecule has 0 radical (unpaired) electrons. The van der Waals surface area contributed by atoms with Crippen molar-refractivity contribution >= 4 is 33.3 Å². The number of hydrogen-bond donors (Lipinski definition) is 2. The van der Waals surface area contributed by atoms with E-state index in [4.69, 9.17) is 0 Å². The normalized spacial score (nSPS) is 11.0. The second-order valence-corrected chi connectivity index (χ2v) is 8.39. The van der Waals surface area contributed by atoms with Crippen LogP contribution in [0.4, 0.5) is 10.2 Å². The molecule has 3 aromatic heterocycles. The Labute approximate surface area is 183 Å². The van der Waals surface area contributed by atoms with Crippen LogP contribution in [0.1, 0.15) is 22.1 Å². The number of pyridine rings is 1. The highest BCUT2D eigenvalue weighted by Gasteiger charge is 2.19. The van der Waals surface area contributed by atoms with Gasteiger partial charge in [-0.15, -0.1) is 11.3 Å². The predicted molar refractivity (Wildman–Crippen MR) is 122 cm³/mol. The number of nitrogens with zero attached hydrogens (tertiary/aromatic N) is 3. The summed E-state index contributed by atoms with van der Waals surface area (Å²) in [6.07, 6.45) is 0.0899. The van der Waals surface area contributed by atoms with Crippen molar-refractivity contribution in [3.63, 3.8) is 0 Å². The molecule has 0 bridgehead atoms. The molecule has 0 atom stereocenters. The Morgan fingerprint density at radius 1 is 1.06 bits per heavy atom. The van der Waals surface area contributed by atoms with E-state index in [9.17, 15) is 9.18 Å². The second-order valence-electron chi connectivity index (χ2n) is 7.18. The van der Waals surface area contributed by atoms with E-state index in [0.29, 0.717) is 18.2 Å². The number of thiophene rings is 1. The van der Waals surface area contributed by atoms with Crippen LogP contribution in [0.5, 0.6) is 0 Å². The molecule has 1 amide bonds. The fourth-order valence-corrected chi connectivity index (χ4v) is 4.49. The Balaban J connectivity index is 1.82. The van der Waals surface area contributed by atoms with E-state index in [-0.39, 0.29) is 18.1 Å². The lowest BCUT2D eigenvalue weighted by Crippen LogP contribution is -2.21. The maximum Gasteiger partial charge on any atom is 0.227 e. The number of carbonyl (C=O) groups is 1. The highest BCUT2D eigenvalue weighted by atomic mass is 32.1. The van der Waals surface area contributed by atoms with Gasteiger partial charge in [-0.2, -0.15) is 0 Å². The van der Waals surface area contributed by atoms with E-state index >= 15 is 0 Å². The van der Waals surface area contributed by atoms with Crippen molar-refractivity contribution in [3.8, 4) is 11.1 Å². The number of fused-ring (bicyclic) bond motifs is 1. The number of carbonyl (C=O) groups excluding carboxylic acids is 1. The molecule has 1 aromatic carbocycles. The maximum atomic E-state index is 13.5. The van der Waals surface area contributed by atoms with E-state index < -0.39 is 0 Å². The summed E-state index contributed by atoms with van der Waals surface area (Å²) in [5.74, 6) is 0.640. The van der Waals surface area contributed by atoms with E-state index in [1.807, 2.05) is 32.0 Å². The topological polar surface area (TPSA) is 79.8 Å². The molecular formula is C23H22FN5OS. The Bertz CT molecular complexity index is 1250. The van der Waals surface area contributed by atoms with Crippen LogP contribution in [0.15, 0.2) is 42.5 Å². The first kappa shape index (κ1) is 20.9. The minimum atomic E-state index is -0.283. The van der Waals surface area contributed by atoms with Gasteiger partial charge < -0.3 is 10.6 Å². The third-order valence-corrected chi connectivity index (χ3v) is 5.89. The smallest absolute Gasteiger partial charge is 0.227 e. The number of benzene rings is 1. The van der Waals surface area contributed by atoms with Crippen LogP contribution < -0.4 is 10.6 Å². The molecule has 31 heavy (non-hydrogen) atoms. The van der Waals surface area contributed by atoms with Crippen molar-refractivity contribution in [2.75, 3.05) is 12.4 Å². The van der Waals surface area contributed by atoms with Crippen molar-refractivity contribution in [2.45, 2.75) is 26.8 Å². The number of aromatic nitrogens is 3. The van der Waals surface area contributed by atoms with Gasteiger partial charge in [0.25, 0.3) is 0 Å². The first-order valence-electron chi connectivity index (χ1n) is 9.87. The first-order chi connectivity index (χ1) is 14.9. The van der Waals surface area contributed by atoms with Crippen LogP contribution in [0, 0.1) is 19.7 Å². The number of amides is 1. The quantitative estimate of drug-likeness (QED) is 0.469. The Kier molecular flexibility index (Phi) is 5.90. The van der Waals surface area contributed by atoms with E-state index in [0.717, 1.165) is 37.6 Å². The monoisotopic (exact) mass is 435 g/mol. The average Bonchev–Trinajstić information content (AvgIpc) is 3.08. The van der Waals surface area contributed by atoms with Crippen molar-refractivity contribution in [3.05, 3.63) is 70.4 Å². The lowest BCUT2D eigenvalue weighted by molar-refractivity contribution is -0.120. The highest BCUT2D eigenvalue weighted by molar-refractivity contribution is 7.19. The zero-order valence-electron chi connectivity index (χ0n) is 17.5. The zero-order valence-corrected chi connectivity index (χ0v) is 18.3. The lowest BCUT2D eigenvalue weighted by Gasteiger charge is -2.11. The summed E-state index contributed by atoms with van der Waals surface area (Å²) in [7, 11) is 1.59. The molecule has 0 aliphatic heterocycles. The minimum Gasteiger partial charge on any atom is -0.364 e. The molecule has 0 spiro atoms. The molecule has 2 N–H and O–H groups in total. The third-order valence-electron chi connectivity index (χ3n) is 4.89. The fraction of sp³-hybridized carbons (Fsp3) is 0.217. The lowest BCUT2D eigenvalue weighted by atomic mass is 10.0. The Hall–Kier alpha value is -3.39. The van der Waals surface area contributed by atoms with E-state index in [2.05, 4.69) is 25.6 Å². The van der Waals surface area contributed by atoms with Crippen LogP contribution in [0.25, 0.3) is 21.3 Å². The predicted octanol–water partition coefficient (Wildman–Crippen LogP) is 4.41. The molecule has 0 aliphatic carbocycles. The molecule has 8 heteroatoms. The molecule has 4 rings (SSSR count). The van der Waals surface area contributed by atoms with Crippen molar-refractivity contribution in [1.82, 2.24) is 20.3 Å². The molecule has 0 unspecified atom stereocenters. The van der Waals surface area contributed by atoms with Gasteiger partial charge in [-0.3, -0.25) is 9.78 Å².